The van der Waals surface area contributed by atoms with Gasteiger partial charge in [-0.15, -0.1) is 0 Å². The van der Waals surface area contributed by atoms with E-state index in [2.05, 4.69) is 6.92 Å². The van der Waals surface area contributed by atoms with Crippen LogP contribution in [0.25, 0.3) is 0 Å². The van der Waals surface area contributed by atoms with E-state index in [4.69, 9.17) is 0 Å². The van der Waals surface area contributed by atoms with Crippen LogP contribution in [0.15, 0.2) is 0 Å². The number of hydrogen-bond donors (Lipinski definition) is 0. The summed E-state index contributed by atoms with van der Waals surface area (Å²) in [6, 6.07) is 0. The zero-order chi connectivity index (χ0) is 12.1. The van der Waals surface area contributed by atoms with Crippen molar-refractivity contribution in [2.24, 2.45) is 0 Å². The van der Waals surface area contributed by atoms with Gasteiger partial charge in [-0.3, -0.25) is 0 Å². The first-order valence-electron chi connectivity index (χ1n) is 6.97. The van der Waals surface area contributed by atoms with Crippen molar-refractivity contribution < 1.29 is 92.3 Å². The third kappa shape index (κ3) is 23.2. The van der Waals surface area contributed by atoms with Crippen LogP contribution in [0.1, 0.15) is 85.4 Å². The third-order valence-electron chi connectivity index (χ3n) is 2.98. The number of unbranched alkanes of at least 4 members (excludes halogenated alkanes) is 10. The van der Waals surface area contributed by atoms with Crippen molar-refractivity contribution in [2.75, 3.05) is 0 Å². The molecule has 0 saturated carbocycles. The van der Waals surface area contributed by atoms with Crippen molar-refractivity contribution in [1.82, 2.24) is 0 Å². The molecule has 0 aliphatic rings. The molecule has 0 unspecified atom stereocenters. The summed E-state index contributed by atoms with van der Waals surface area (Å²) < 4.78 is 0. The zero-order valence-electron chi connectivity index (χ0n) is 13.8. The summed E-state index contributed by atoms with van der Waals surface area (Å²) in [5.74, 6) is -0.907. The molecule has 0 N–H and O–H groups in total. The van der Waals surface area contributed by atoms with Crippen LogP contribution >= 0.6 is 0 Å². The maximum Gasteiger partial charge on any atom is 1.00 e. The van der Waals surface area contributed by atoms with E-state index in [1.807, 2.05) is 0 Å². The number of carbonyl (C=O) groups is 1. The molecule has 0 aromatic heterocycles. The Kier molecular flexibility index (Phi) is 29.8. The quantitative estimate of drug-likeness (QED) is 0.296. The molecular weight excluding hydrogens is 262 g/mol. The average molecular weight is 290 g/mol. The fourth-order valence-electron chi connectivity index (χ4n) is 1.93. The van der Waals surface area contributed by atoms with Crippen molar-refractivity contribution in [3.63, 3.8) is 0 Å². The molecule has 98 valence electrons. The molecule has 4 heteroatoms. The Labute approximate surface area is 179 Å². The monoisotopic (exact) mass is 290 g/mol. The number of aliphatic carboxylic acids is 1. The SMILES string of the molecule is CCCCCCCCCCCCCC(=O)[O-].[H-].[K+].[Na+]. The molecule has 0 radical (unpaired) electrons. The van der Waals surface area contributed by atoms with Crippen molar-refractivity contribution >= 4 is 5.97 Å². The smallest absolute Gasteiger partial charge is 1.00 e. The Morgan fingerprint density at radius 2 is 1.17 bits per heavy atom. The van der Waals surface area contributed by atoms with Gasteiger partial charge in [0.2, 0.25) is 0 Å². The van der Waals surface area contributed by atoms with Crippen LogP contribution in [-0.4, -0.2) is 5.97 Å². The molecule has 0 saturated heterocycles. The van der Waals surface area contributed by atoms with Crippen molar-refractivity contribution in [2.45, 2.75) is 84.0 Å². The molecule has 0 aliphatic heterocycles. The van der Waals surface area contributed by atoms with Crippen LogP contribution in [-0.2, 0) is 4.79 Å². The second-order valence-corrected chi connectivity index (χ2v) is 4.66. The van der Waals surface area contributed by atoms with E-state index in [-0.39, 0.29) is 88.8 Å². The van der Waals surface area contributed by atoms with Gasteiger partial charge in [0.05, 0.1) is 0 Å². The summed E-state index contributed by atoms with van der Waals surface area (Å²) in [4.78, 5) is 10.1. The minimum Gasteiger partial charge on any atom is -1.00 e. The van der Waals surface area contributed by atoms with E-state index < -0.39 is 5.97 Å². The van der Waals surface area contributed by atoms with Gasteiger partial charge in [0.15, 0.2) is 0 Å². The summed E-state index contributed by atoms with van der Waals surface area (Å²) in [7, 11) is 0. The summed E-state index contributed by atoms with van der Waals surface area (Å²) in [5, 5.41) is 10.1. The Bertz CT molecular complexity index is 172. The number of hydrogen-bond acceptors (Lipinski definition) is 2. The Balaban J connectivity index is -0.000000375. The normalized spacial score (nSPS) is 9.39. The zero-order valence-corrected chi connectivity index (χ0v) is 17.9. The number of carbonyl (C=O) groups excluding carboxylic acids is 1. The Hall–Kier alpha value is 2.11. The first-order valence-corrected chi connectivity index (χ1v) is 6.97. The van der Waals surface area contributed by atoms with E-state index >= 15 is 0 Å². The predicted molar refractivity (Wildman–Crippen MR) is 67.2 cm³/mol. The van der Waals surface area contributed by atoms with E-state index in [9.17, 15) is 9.90 Å². The van der Waals surface area contributed by atoms with Gasteiger partial charge in [-0.2, -0.15) is 0 Å². The minimum absolute atomic E-state index is 0. The molecule has 0 aromatic rings. The van der Waals surface area contributed by atoms with Crippen LogP contribution in [0.4, 0.5) is 0 Å². The number of carboxylic acids is 1. The standard InChI is InChI=1S/C14H28O2.K.Na.H/c1-2-3-4-5-6-7-8-9-10-11-12-13-14(15)16;;;/h2-13H2,1H3,(H,15,16);;;/q;2*+1;-1/p-1. The maximum atomic E-state index is 10.1. The van der Waals surface area contributed by atoms with Crippen molar-refractivity contribution in [3.8, 4) is 0 Å². The molecule has 2 nitrogen and oxygen atoms in total. The predicted octanol–water partition coefficient (Wildman–Crippen LogP) is -2.44. The molecule has 18 heavy (non-hydrogen) atoms. The van der Waals surface area contributed by atoms with Gasteiger partial charge in [-0.25, -0.2) is 0 Å². The molecule has 0 fully saturated rings. The summed E-state index contributed by atoms with van der Waals surface area (Å²) in [6.07, 6.45) is 14.0. The van der Waals surface area contributed by atoms with Gasteiger partial charge in [0.1, 0.15) is 0 Å². The summed E-state index contributed by atoms with van der Waals surface area (Å²) in [5.41, 5.74) is 0. The third-order valence-corrected chi connectivity index (χ3v) is 2.98. The molecule has 0 atom stereocenters. The van der Waals surface area contributed by atoms with Gasteiger partial charge >= 0.3 is 80.9 Å². The van der Waals surface area contributed by atoms with E-state index in [0.29, 0.717) is 0 Å². The van der Waals surface area contributed by atoms with Crippen LogP contribution < -0.4 is 86.0 Å². The maximum absolute atomic E-state index is 10.1. The van der Waals surface area contributed by atoms with Gasteiger partial charge in [0, 0.05) is 5.97 Å². The average Bonchev–Trinajstić information content (AvgIpc) is 2.25. The largest absolute Gasteiger partial charge is 1.00 e. The van der Waals surface area contributed by atoms with Gasteiger partial charge < -0.3 is 11.3 Å². The minimum atomic E-state index is -0.907. The Morgan fingerprint density at radius 1 is 0.833 bits per heavy atom. The first kappa shape index (κ1) is 25.1. The van der Waals surface area contributed by atoms with E-state index in [0.717, 1.165) is 12.8 Å². The summed E-state index contributed by atoms with van der Waals surface area (Å²) >= 11 is 0. The Morgan fingerprint density at radius 3 is 1.50 bits per heavy atom. The molecule has 0 rings (SSSR count). The molecule has 0 heterocycles. The van der Waals surface area contributed by atoms with Crippen molar-refractivity contribution in [3.05, 3.63) is 0 Å². The molecule has 0 spiro atoms. The number of carboxylic acid groups (broad SMARTS) is 1. The molecule has 0 aliphatic carbocycles. The second kappa shape index (κ2) is 21.4. The van der Waals surface area contributed by atoms with Crippen molar-refractivity contribution in [1.29, 1.82) is 0 Å². The van der Waals surface area contributed by atoms with Crippen LogP contribution in [0.3, 0.4) is 0 Å². The topological polar surface area (TPSA) is 40.1 Å². The van der Waals surface area contributed by atoms with E-state index in [1.54, 1.807) is 0 Å². The summed E-state index contributed by atoms with van der Waals surface area (Å²) in [6.45, 7) is 2.24. The first-order chi connectivity index (χ1) is 7.77. The van der Waals surface area contributed by atoms with E-state index in [1.165, 1.54) is 57.8 Å². The molecule has 0 amide bonds. The van der Waals surface area contributed by atoms with Gasteiger partial charge in [0.25, 0.3) is 0 Å². The van der Waals surface area contributed by atoms with Crippen LogP contribution in [0.2, 0.25) is 0 Å². The van der Waals surface area contributed by atoms with Crippen LogP contribution in [0, 0.1) is 0 Å². The second-order valence-electron chi connectivity index (χ2n) is 4.66. The molecular formula is C14H28KNaO2. The van der Waals surface area contributed by atoms with Gasteiger partial charge in [-0.05, 0) is 12.8 Å². The fourth-order valence-corrected chi connectivity index (χ4v) is 1.93. The van der Waals surface area contributed by atoms with Crippen LogP contribution in [0.5, 0.6) is 0 Å². The fraction of sp³-hybridized carbons (Fsp3) is 0.929. The number of rotatable bonds is 12. The van der Waals surface area contributed by atoms with Gasteiger partial charge in [-0.1, -0.05) is 71.1 Å². The molecule has 0 aromatic carbocycles. The molecule has 0 bridgehead atoms.